The number of Topliss-reactive ketones (excluding diaryl/α,β-unsaturated/α-hetero) is 1. The molecule has 0 atom stereocenters. The molecule has 8 nitrogen and oxygen atoms in total. The van der Waals surface area contributed by atoms with Crippen molar-refractivity contribution in [3.05, 3.63) is 116 Å². The molecule has 0 aliphatic heterocycles. The van der Waals surface area contributed by atoms with Crippen LogP contribution in [0.5, 0.6) is 0 Å². The molecular weight excluding hydrogens is 602 g/mol. The van der Waals surface area contributed by atoms with Crippen LogP contribution >= 0.6 is 34.7 Å². The van der Waals surface area contributed by atoms with Gasteiger partial charge in [0.1, 0.15) is 10.7 Å². The first kappa shape index (κ1) is 30.2. The molecule has 0 saturated heterocycles. The zero-order valence-electron chi connectivity index (χ0n) is 23.6. The van der Waals surface area contributed by atoms with E-state index in [0.717, 1.165) is 10.4 Å². The molecule has 11 heteroatoms. The van der Waals surface area contributed by atoms with Crippen molar-refractivity contribution in [1.82, 2.24) is 24.3 Å². The molecule has 4 heterocycles. The Morgan fingerprint density at radius 2 is 1.84 bits per heavy atom. The highest BCUT2D eigenvalue weighted by Crippen LogP contribution is 2.33. The zero-order valence-corrected chi connectivity index (χ0v) is 26.0. The van der Waals surface area contributed by atoms with Crippen molar-refractivity contribution >= 4 is 46.4 Å². The van der Waals surface area contributed by atoms with Gasteiger partial charge in [0.2, 0.25) is 5.78 Å². The maximum absolute atomic E-state index is 13.4. The molecule has 216 valence electrons. The minimum Gasteiger partial charge on any atom is -0.306 e. The second-order valence-electron chi connectivity index (χ2n) is 10.5. The Hall–Kier alpha value is -4.30. The second-order valence-corrected chi connectivity index (χ2v) is 13.3. The number of pyridine rings is 1. The first-order chi connectivity index (χ1) is 20.6. The number of halogens is 1. The van der Waals surface area contributed by atoms with Crippen molar-refractivity contribution in [3.63, 3.8) is 0 Å². The average molecular weight is 628 g/mol. The van der Waals surface area contributed by atoms with E-state index in [-0.39, 0.29) is 23.9 Å². The Kier molecular flexibility index (Phi) is 9.06. The van der Waals surface area contributed by atoms with Gasteiger partial charge in [-0.25, -0.2) is 4.98 Å². The summed E-state index contributed by atoms with van der Waals surface area (Å²) in [5, 5.41) is 5.31. The van der Waals surface area contributed by atoms with Gasteiger partial charge in [-0.15, -0.1) is 23.1 Å². The molecule has 43 heavy (non-hydrogen) atoms. The van der Waals surface area contributed by atoms with Gasteiger partial charge in [-0.1, -0.05) is 62.4 Å². The first-order valence-corrected chi connectivity index (χ1v) is 15.4. The molecule has 5 rings (SSSR count). The summed E-state index contributed by atoms with van der Waals surface area (Å²) in [6.45, 7) is 5.25. The summed E-state index contributed by atoms with van der Waals surface area (Å²) in [5.41, 5.74) is 1.17. The monoisotopic (exact) mass is 627 g/mol. The molecule has 4 aromatic heterocycles. The minimum absolute atomic E-state index is 0.156. The van der Waals surface area contributed by atoms with Crippen LogP contribution in [0.4, 0.5) is 0 Å². The molecule has 0 aliphatic rings. The minimum atomic E-state index is -0.703. The fourth-order valence-corrected chi connectivity index (χ4v) is 6.11. The van der Waals surface area contributed by atoms with Gasteiger partial charge in [-0.05, 0) is 30.3 Å². The average Bonchev–Trinajstić information content (AvgIpc) is 3.62. The number of nitrogens with zero attached hydrogens (tertiary/aromatic N) is 5. The largest absolute Gasteiger partial charge is 0.306 e. The number of thiophene rings is 1. The lowest BCUT2D eigenvalue weighted by Crippen LogP contribution is -2.28. The maximum atomic E-state index is 13.4. The van der Waals surface area contributed by atoms with Gasteiger partial charge in [-0.2, -0.15) is 9.78 Å². The van der Waals surface area contributed by atoms with E-state index >= 15 is 0 Å². The molecule has 0 unspecified atom stereocenters. The predicted molar refractivity (Wildman–Crippen MR) is 170 cm³/mol. The number of thioether (sulfide) groups is 1. The SMILES string of the molecule is CC(C)(C)C(=O)n1nc(-c2cc(=O)n(CC(=O)c3cnccn3)cc2C#Cc2ccccc2)cc1SCc1ccc(Cl)s1. The van der Waals surface area contributed by atoms with E-state index in [2.05, 4.69) is 26.9 Å². The molecule has 5 aromatic rings. The van der Waals surface area contributed by atoms with Crippen LogP contribution in [-0.4, -0.2) is 36.0 Å². The molecule has 0 spiro atoms. The van der Waals surface area contributed by atoms with E-state index in [9.17, 15) is 14.4 Å². The van der Waals surface area contributed by atoms with Crippen molar-refractivity contribution in [2.75, 3.05) is 0 Å². The van der Waals surface area contributed by atoms with E-state index in [4.69, 9.17) is 11.6 Å². The lowest BCUT2D eigenvalue weighted by Gasteiger charge is -2.17. The van der Waals surface area contributed by atoms with E-state index in [1.165, 1.54) is 57.0 Å². The van der Waals surface area contributed by atoms with Crippen LogP contribution in [0.1, 0.15) is 52.1 Å². The van der Waals surface area contributed by atoms with Gasteiger partial charge in [0.25, 0.3) is 11.5 Å². The summed E-state index contributed by atoms with van der Waals surface area (Å²) in [7, 11) is 0. The summed E-state index contributed by atoms with van der Waals surface area (Å²) >= 11 is 9.05. The third kappa shape index (κ3) is 7.38. The van der Waals surface area contributed by atoms with Crippen LogP contribution in [0.3, 0.4) is 0 Å². The van der Waals surface area contributed by atoms with Crippen LogP contribution in [0.2, 0.25) is 4.34 Å². The molecule has 0 aliphatic carbocycles. The summed E-state index contributed by atoms with van der Waals surface area (Å²) in [4.78, 5) is 48.7. The highest BCUT2D eigenvalue weighted by Gasteiger charge is 2.28. The normalized spacial score (nSPS) is 11.2. The van der Waals surface area contributed by atoms with Crippen LogP contribution in [0.25, 0.3) is 11.3 Å². The van der Waals surface area contributed by atoms with Crippen molar-refractivity contribution in [3.8, 4) is 23.1 Å². The van der Waals surface area contributed by atoms with Gasteiger partial charge in [0.15, 0.2) is 0 Å². The van der Waals surface area contributed by atoms with Crippen molar-refractivity contribution in [2.24, 2.45) is 5.41 Å². The van der Waals surface area contributed by atoms with Crippen LogP contribution in [0, 0.1) is 17.3 Å². The van der Waals surface area contributed by atoms with Crippen LogP contribution in [0.15, 0.2) is 89.2 Å². The number of hydrogen-bond donors (Lipinski definition) is 0. The standard InChI is InChI=1S/C32H26ClN5O3S2/c1-32(2,3)31(41)38-30(42-20-23-11-12-28(33)43-23)16-25(36-38)24-15-29(40)37(19-27(39)26-17-34-13-14-35-26)18-22(24)10-9-21-7-5-4-6-8-21/h4-8,11-18H,19-20H2,1-3H3. The second kappa shape index (κ2) is 12.9. The van der Waals surface area contributed by atoms with Gasteiger partial charge < -0.3 is 4.57 Å². The number of rotatable bonds is 7. The summed E-state index contributed by atoms with van der Waals surface area (Å²) < 4.78 is 3.38. The predicted octanol–water partition coefficient (Wildman–Crippen LogP) is 6.48. The van der Waals surface area contributed by atoms with Crippen molar-refractivity contribution in [1.29, 1.82) is 0 Å². The maximum Gasteiger partial charge on any atom is 0.253 e. The fraction of sp³-hybridized carbons (Fsp3) is 0.188. The Bertz CT molecular complexity index is 1910. The lowest BCUT2D eigenvalue weighted by atomic mass is 9.96. The smallest absolute Gasteiger partial charge is 0.253 e. The van der Waals surface area contributed by atoms with E-state index in [0.29, 0.717) is 31.9 Å². The Morgan fingerprint density at radius 1 is 1.05 bits per heavy atom. The van der Waals surface area contributed by atoms with Gasteiger partial charge in [0.05, 0.1) is 28.3 Å². The molecule has 0 bridgehead atoms. The lowest BCUT2D eigenvalue weighted by molar-refractivity contribution is 0.0736. The first-order valence-electron chi connectivity index (χ1n) is 13.2. The molecule has 1 aromatic carbocycles. The van der Waals surface area contributed by atoms with Gasteiger partial charge in [-0.3, -0.25) is 19.4 Å². The topological polar surface area (TPSA) is 99.7 Å². The summed E-state index contributed by atoms with van der Waals surface area (Å²) in [5.74, 6) is 6.32. The van der Waals surface area contributed by atoms with E-state index in [1.54, 1.807) is 12.3 Å². The molecule has 0 N–H and O–H groups in total. The van der Waals surface area contributed by atoms with Crippen molar-refractivity contribution in [2.45, 2.75) is 38.1 Å². The quantitative estimate of drug-likeness (QED) is 0.116. The van der Waals surface area contributed by atoms with Crippen LogP contribution in [-0.2, 0) is 12.3 Å². The van der Waals surface area contributed by atoms with E-state index in [1.807, 2.05) is 63.2 Å². The summed E-state index contributed by atoms with van der Waals surface area (Å²) in [6, 6.07) is 16.4. The number of hydrogen-bond acceptors (Lipinski definition) is 8. The summed E-state index contributed by atoms with van der Waals surface area (Å²) in [6.07, 6.45) is 5.81. The van der Waals surface area contributed by atoms with Gasteiger partial charge in [0, 0.05) is 51.8 Å². The molecule has 0 radical (unpaired) electrons. The van der Waals surface area contributed by atoms with Gasteiger partial charge >= 0.3 is 0 Å². The highest BCUT2D eigenvalue weighted by molar-refractivity contribution is 7.98. The molecule has 0 saturated carbocycles. The zero-order chi connectivity index (χ0) is 30.6. The molecule has 0 amide bonds. The van der Waals surface area contributed by atoms with Crippen molar-refractivity contribution < 1.29 is 9.59 Å². The Balaban J connectivity index is 1.59. The Labute approximate surface area is 261 Å². The van der Waals surface area contributed by atoms with Crippen LogP contribution < -0.4 is 5.56 Å². The highest BCUT2D eigenvalue weighted by atomic mass is 35.5. The fourth-order valence-electron chi connectivity index (χ4n) is 3.98. The third-order valence-electron chi connectivity index (χ3n) is 6.18. The Morgan fingerprint density at radius 3 is 2.51 bits per heavy atom. The number of benzene rings is 1. The van der Waals surface area contributed by atoms with E-state index < -0.39 is 11.0 Å². The third-order valence-corrected chi connectivity index (χ3v) is 8.64. The number of carbonyl (C=O) groups is 2. The molecule has 0 fully saturated rings. The number of carbonyl (C=O) groups excluding carboxylic acids is 2. The number of aromatic nitrogens is 5. The number of ketones is 1. The molecular formula is C32H26ClN5O3S2.